The zero-order chi connectivity index (χ0) is 19.6. The van der Waals surface area contributed by atoms with Gasteiger partial charge in [-0.05, 0) is 36.8 Å². The highest BCUT2D eigenvalue weighted by Gasteiger charge is 2.23. The summed E-state index contributed by atoms with van der Waals surface area (Å²) in [6.07, 6.45) is 3.16. The number of ether oxygens (including phenoxy) is 3. The van der Waals surface area contributed by atoms with E-state index < -0.39 is 5.97 Å². The molecule has 1 amide bonds. The first-order chi connectivity index (χ1) is 13.0. The number of esters is 1. The number of thiophene rings is 1. The Kier molecular flexibility index (Phi) is 5.70. The molecular formula is C20H23NO5S. The average molecular weight is 389 g/mol. The van der Waals surface area contributed by atoms with Crippen LogP contribution in [0.25, 0.3) is 0 Å². The molecule has 1 aromatic heterocycles. The maximum Gasteiger partial charge on any atom is 0.340 e. The minimum Gasteiger partial charge on any atom is -0.493 e. The maximum atomic E-state index is 12.8. The van der Waals surface area contributed by atoms with Crippen molar-refractivity contribution in [3.8, 4) is 11.5 Å². The fraction of sp³-hybridized carbons (Fsp3) is 0.400. The summed E-state index contributed by atoms with van der Waals surface area (Å²) in [6.45, 7) is 2.23. The Hall–Kier alpha value is -2.54. The Morgan fingerprint density at radius 1 is 1.11 bits per heavy atom. The molecule has 7 heteroatoms. The molecular weight excluding hydrogens is 366 g/mol. The van der Waals surface area contributed by atoms with Gasteiger partial charge in [-0.2, -0.15) is 0 Å². The second kappa shape index (κ2) is 8.00. The van der Waals surface area contributed by atoms with Crippen molar-refractivity contribution in [2.75, 3.05) is 26.6 Å². The van der Waals surface area contributed by atoms with Crippen LogP contribution in [0.15, 0.2) is 18.2 Å². The minimum absolute atomic E-state index is 0.207. The fourth-order valence-electron chi connectivity index (χ4n) is 3.26. The number of hydrogen-bond donors (Lipinski definition) is 1. The zero-order valence-corrected chi connectivity index (χ0v) is 16.7. The van der Waals surface area contributed by atoms with E-state index in [-0.39, 0.29) is 11.5 Å². The molecule has 27 heavy (non-hydrogen) atoms. The first kappa shape index (κ1) is 19.2. The van der Waals surface area contributed by atoms with Gasteiger partial charge in [0.15, 0.2) is 11.5 Å². The molecule has 0 radical (unpaired) electrons. The van der Waals surface area contributed by atoms with E-state index >= 15 is 0 Å². The first-order valence-electron chi connectivity index (χ1n) is 8.74. The van der Waals surface area contributed by atoms with Gasteiger partial charge in [0.2, 0.25) is 0 Å². The van der Waals surface area contributed by atoms with Crippen LogP contribution in [0.3, 0.4) is 0 Å². The normalized spacial score (nSPS) is 15.6. The molecule has 144 valence electrons. The number of rotatable bonds is 5. The van der Waals surface area contributed by atoms with Crippen molar-refractivity contribution in [3.63, 3.8) is 0 Å². The molecule has 1 aromatic carbocycles. The third-order valence-corrected chi connectivity index (χ3v) is 5.97. The van der Waals surface area contributed by atoms with Crippen molar-refractivity contribution in [1.82, 2.24) is 0 Å². The highest BCUT2D eigenvalue weighted by molar-refractivity contribution is 7.14. The number of nitrogens with one attached hydrogen (secondary N) is 1. The molecule has 0 bridgehead atoms. The molecule has 1 atom stereocenters. The molecule has 1 aliphatic carbocycles. The van der Waals surface area contributed by atoms with Crippen molar-refractivity contribution in [2.45, 2.75) is 26.2 Å². The minimum atomic E-state index is -0.564. The van der Waals surface area contributed by atoms with Crippen molar-refractivity contribution < 1.29 is 23.8 Å². The van der Waals surface area contributed by atoms with Crippen LogP contribution in [0, 0.1) is 5.92 Å². The zero-order valence-electron chi connectivity index (χ0n) is 15.9. The van der Waals surface area contributed by atoms with E-state index in [1.165, 1.54) is 49.2 Å². The van der Waals surface area contributed by atoms with Gasteiger partial charge in [-0.25, -0.2) is 4.79 Å². The predicted molar refractivity (Wildman–Crippen MR) is 104 cm³/mol. The van der Waals surface area contributed by atoms with E-state index in [2.05, 4.69) is 12.2 Å². The molecule has 2 aromatic rings. The number of benzene rings is 1. The standard InChI is InChI=1S/C20H23NO5S/c1-11-5-6-17-12(7-11)8-18(27-17)19(22)21-14-10-16(25-3)15(24-2)9-13(14)20(23)26-4/h8-11H,5-7H2,1-4H3,(H,21,22). The quantitative estimate of drug-likeness (QED) is 0.785. The third-order valence-electron chi connectivity index (χ3n) is 4.73. The lowest BCUT2D eigenvalue weighted by Crippen LogP contribution is -2.15. The summed E-state index contributed by atoms with van der Waals surface area (Å²) in [5, 5.41) is 2.82. The summed E-state index contributed by atoms with van der Waals surface area (Å²) in [4.78, 5) is 26.9. The van der Waals surface area contributed by atoms with Crippen molar-refractivity contribution in [3.05, 3.63) is 39.1 Å². The number of aryl methyl sites for hydroxylation is 1. The molecule has 0 saturated carbocycles. The van der Waals surface area contributed by atoms with Gasteiger partial charge >= 0.3 is 5.97 Å². The summed E-state index contributed by atoms with van der Waals surface area (Å²) >= 11 is 1.52. The predicted octanol–water partition coefficient (Wildman–Crippen LogP) is 3.93. The van der Waals surface area contributed by atoms with Gasteiger partial charge in [0.05, 0.1) is 37.5 Å². The van der Waals surface area contributed by atoms with E-state index in [0.717, 1.165) is 19.3 Å². The van der Waals surface area contributed by atoms with Crippen LogP contribution >= 0.6 is 11.3 Å². The molecule has 0 fully saturated rings. The van der Waals surface area contributed by atoms with Crippen LogP contribution in [0.2, 0.25) is 0 Å². The van der Waals surface area contributed by atoms with Gasteiger partial charge < -0.3 is 19.5 Å². The SMILES string of the molecule is COC(=O)c1cc(OC)c(OC)cc1NC(=O)c1cc2c(s1)CCC(C)C2. The van der Waals surface area contributed by atoms with Gasteiger partial charge in [0, 0.05) is 17.0 Å². The summed E-state index contributed by atoms with van der Waals surface area (Å²) < 4.78 is 15.4. The number of amides is 1. The first-order valence-corrected chi connectivity index (χ1v) is 9.55. The lowest BCUT2D eigenvalue weighted by Gasteiger charge is -2.16. The molecule has 3 rings (SSSR count). The maximum absolute atomic E-state index is 12.8. The lowest BCUT2D eigenvalue weighted by molar-refractivity contribution is 0.0601. The molecule has 1 unspecified atom stereocenters. The molecule has 0 aliphatic heterocycles. The molecule has 0 spiro atoms. The third kappa shape index (κ3) is 3.93. The van der Waals surface area contributed by atoms with Crippen LogP contribution in [0.5, 0.6) is 11.5 Å². The van der Waals surface area contributed by atoms with Crippen LogP contribution < -0.4 is 14.8 Å². The second-order valence-electron chi connectivity index (χ2n) is 6.61. The molecule has 0 saturated heterocycles. The van der Waals surface area contributed by atoms with Crippen LogP contribution in [0.4, 0.5) is 5.69 Å². The topological polar surface area (TPSA) is 73.9 Å². The summed E-state index contributed by atoms with van der Waals surface area (Å²) in [6, 6.07) is 5.03. The van der Waals surface area contributed by atoms with Crippen LogP contribution in [-0.2, 0) is 17.6 Å². The smallest absolute Gasteiger partial charge is 0.340 e. The average Bonchev–Trinajstić information content (AvgIpc) is 3.10. The summed E-state index contributed by atoms with van der Waals surface area (Å²) in [5.74, 6) is 0.626. The second-order valence-corrected chi connectivity index (χ2v) is 7.74. The Morgan fingerprint density at radius 3 is 2.48 bits per heavy atom. The van der Waals surface area contributed by atoms with Gasteiger partial charge in [-0.15, -0.1) is 11.3 Å². The van der Waals surface area contributed by atoms with E-state index in [1.54, 1.807) is 6.07 Å². The van der Waals surface area contributed by atoms with Gasteiger partial charge in [-0.1, -0.05) is 6.92 Å². The fourth-order valence-corrected chi connectivity index (χ4v) is 4.37. The van der Waals surface area contributed by atoms with E-state index in [4.69, 9.17) is 14.2 Å². The monoisotopic (exact) mass is 389 g/mol. The Balaban J connectivity index is 1.92. The lowest BCUT2D eigenvalue weighted by atomic mass is 9.90. The number of carbonyl (C=O) groups is 2. The van der Waals surface area contributed by atoms with Crippen molar-refractivity contribution >= 4 is 28.9 Å². The van der Waals surface area contributed by atoms with Crippen LogP contribution in [-0.4, -0.2) is 33.2 Å². The Bertz CT molecular complexity index is 873. The number of anilines is 1. The van der Waals surface area contributed by atoms with Gasteiger partial charge in [0.1, 0.15) is 0 Å². The molecule has 1 heterocycles. The Morgan fingerprint density at radius 2 is 1.81 bits per heavy atom. The van der Waals surface area contributed by atoms with Crippen molar-refractivity contribution in [1.29, 1.82) is 0 Å². The van der Waals surface area contributed by atoms with Gasteiger partial charge in [-0.3, -0.25) is 4.79 Å². The van der Waals surface area contributed by atoms with Gasteiger partial charge in [0.25, 0.3) is 5.91 Å². The molecule has 1 N–H and O–H groups in total. The van der Waals surface area contributed by atoms with E-state index in [0.29, 0.717) is 28.0 Å². The number of fused-ring (bicyclic) bond motifs is 1. The number of carbonyl (C=O) groups excluding carboxylic acids is 2. The van der Waals surface area contributed by atoms with E-state index in [9.17, 15) is 9.59 Å². The highest BCUT2D eigenvalue weighted by atomic mass is 32.1. The Labute approximate surface area is 162 Å². The number of methoxy groups -OCH3 is 3. The summed E-state index contributed by atoms with van der Waals surface area (Å²) in [7, 11) is 4.27. The molecule has 1 aliphatic rings. The molecule has 6 nitrogen and oxygen atoms in total. The van der Waals surface area contributed by atoms with Crippen molar-refractivity contribution in [2.24, 2.45) is 5.92 Å². The van der Waals surface area contributed by atoms with E-state index in [1.807, 2.05) is 6.07 Å². The number of hydrogen-bond acceptors (Lipinski definition) is 6. The van der Waals surface area contributed by atoms with Crippen LogP contribution in [0.1, 0.15) is 43.8 Å². The summed E-state index contributed by atoms with van der Waals surface area (Å²) in [5.41, 5.74) is 1.78. The largest absolute Gasteiger partial charge is 0.493 e. The highest BCUT2D eigenvalue weighted by Crippen LogP contribution is 2.35.